The molecule has 0 spiro atoms. The van der Waals surface area contributed by atoms with Gasteiger partial charge in [-0.2, -0.15) is 0 Å². The van der Waals surface area contributed by atoms with Gasteiger partial charge in [0.15, 0.2) is 0 Å². The van der Waals surface area contributed by atoms with Crippen LogP contribution in [0.1, 0.15) is 31.1 Å². The Kier molecular flexibility index (Phi) is 4.91. The van der Waals surface area contributed by atoms with E-state index in [1.165, 1.54) is 19.3 Å². The predicted octanol–water partition coefficient (Wildman–Crippen LogP) is 2.33. The lowest BCUT2D eigenvalue weighted by atomic mass is 9.96. The van der Waals surface area contributed by atoms with Gasteiger partial charge in [-0.1, -0.05) is 26.8 Å². The second-order valence-electron chi connectivity index (χ2n) is 5.47. The zero-order chi connectivity index (χ0) is 15.3. The fraction of sp³-hybridized carbons (Fsp3) is 0.333. The average Bonchev–Trinajstić information content (AvgIpc) is 2.35. The molecule has 0 unspecified atom stereocenters. The summed E-state index contributed by atoms with van der Waals surface area (Å²) in [5, 5.41) is 2.67. The minimum Gasteiger partial charge on any atom is -0.495 e. The van der Waals surface area contributed by atoms with Crippen LogP contribution in [0.25, 0.3) is 0 Å². The summed E-state index contributed by atoms with van der Waals surface area (Å²) in [4.78, 5) is 23.0. The van der Waals surface area contributed by atoms with E-state index in [1.807, 2.05) is 20.8 Å². The molecule has 1 rings (SSSR count). The molecular formula is C15H20N2O3. The maximum absolute atomic E-state index is 11.8. The molecule has 0 radical (unpaired) electrons. The summed E-state index contributed by atoms with van der Waals surface area (Å²) in [7, 11) is 1.49. The molecule has 0 atom stereocenters. The molecule has 0 fully saturated rings. The summed E-state index contributed by atoms with van der Waals surface area (Å²) in [5.74, 6) is -0.388. The smallest absolute Gasteiger partial charge is 0.248 e. The van der Waals surface area contributed by atoms with Gasteiger partial charge in [-0.3, -0.25) is 9.59 Å². The molecule has 0 aromatic heterocycles. The maximum atomic E-state index is 11.8. The molecular weight excluding hydrogens is 256 g/mol. The van der Waals surface area contributed by atoms with E-state index >= 15 is 0 Å². The molecule has 0 saturated heterocycles. The molecule has 5 nitrogen and oxygen atoms in total. The average molecular weight is 276 g/mol. The summed E-state index contributed by atoms with van der Waals surface area (Å²) in [6, 6.07) is 4.62. The third-order valence-electron chi connectivity index (χ3n) is 2.48. The highest BCUT2D eigenvalue weighted by Gasteiger charge is 2.10. The summed E-state index contributed by atoms with van der Waals surface area (Å²) < 4.78 is 5.14. The van der Waals surface area contributed by atoms with Crippen LogP contribution in [0.5, 0.6) is 5.75 Å². The zero-order valence-electron chi connectivity index (χ0n) is 12.2. The number of nitrogens with one attached hydrogen (secondary N) is 1. The minimum absolute atomic E-state index is 0.0868. The predicted molar refractivity (Wildman–Crippen MR) is 78.7 cm³/mol. The highest BCUT2D eigenvalue weighted by atomic mass is 16.5. The van der Waals surface area contributed by atoms with Gasteiger partial charge in [0.2, 0.25) is 11.8 Å². The Balaban J connectivity index is 2.95. The molecule has 0 aliphatic rings. The topological polar surface area (TPSA) is 81.4 Å². The van der Waals surface area contributed by atoms with Crippen molar-refractivity contribution in [1.82, 2.24) is 0 Å². The number of rotatable bonds is 4. The third-order valence-corrected chi connectivity index (χ3v) is 2.48. The first-order valence-corrected chi connectivity index (χ1v) is 6.21. The lowest BCUT2D eigenvalue weighted by molar-refractivity contribution is -0.112. The fourth-order valence-corrected chi connectivity index (χ4v) is 1.46. The van der Waals surface area contributed by atoms with Crippen molar-refractivity contribution in [1.29, 1.82) is 0 Å². The van der Waals surface area contributed by atoms with E-state index in [-0.39, 0.29) is 11.3 Å². The molecule has 20 heavy (non-hydrogen) atoms. The van der Waals surface area contributed by atoms with Crippen molar-refractivity contribution in [2.24, 2.45) is 11.1 Å². The van der Waals surface area contributed by atoms with Crippen LogP contribution in [0.2, 0.25) is 0 Å². The number of hydrogen-bond acceptors (Lipinski definition) is 3. The van der Waals surface area contributed by atoms with Crippen LogP contribution in [0.3, 0.4) is 0 Å². The van der Waals surface area contributed by atoms with E-state index in [0.29, 0.717) is 17.0 Å². The van der Waals surface area contributed by atoms with Crippen LogP contribution in [-0.4, -0.2) is 18.9 Å². The van der Waals surface area contributed by atoms with E-state index in [9.17, 15) is 9.59 Å². The summed E-state index contributed by atoms with van der Waals surface area (Å²) >= 11 is 0. The number of amides is 2. The minimum atomic E-state index is -0.562. The van der Waals surface area contributed by atoms with Crippen molar-refractivity contribution in [3.63, 3.8) is 0 Å². The molecule has 5 heteroatoms. The lowest BCUT2D eigenvalue weighted by Crippen LogP contribution is -2.14. The van der Waals surface area contributed by atoms with E-state index < -0.39 is 5.91 Å². The van der Waals surface area contributed by atoms with Gasteiger partial charge in [-0.25, -0.2) is 0 Å². The van der Waals surface area contributed by atoms with Crippen molar-refractivity contribution >= 4 is 17.5 Å². The first-order valence-electron chi connectivity index (χ1n) is 6.21. The van der Waals surface area contributed by atoms with Gasteiger partial charge in [0.1, 0.15) is 5.75 Å². The Bertz CT molecular complexity index is 543. The second-order valence-corrected chi connectivity index (χ2v) is 5.47. The van der Waals surface area contributed by atoms with E-state index in [0.717, 1.165) is 0 Å². The molecule has 1 aromatic carbocycles. The van der Waals surface area contributed by atoms with E-state index in [1.54, 1.807) is 18.2 Å². The number of nitrogens with two attached hydrogens (primary N) is 1. The van der Waals surface area contributed by atoms with Gasteiger partial charge in [-0.05, 0) is 29.7 Å². The molecule has 2 amide bonds. The van der Waals surface area contributed by atoms with Crippen LogP contribution in [0, 0.1) is 5.41 Å². The van der Waals surface area contributed by atoms with Crippen LogP contribution >= 0.6 is 0 Å². The molecule has 0 aliphatic carbocycles. The Morgan fingerprint density at radius 3 is 2.45 bits per heavy atom. The fourth-order valence-electron chi connectivity index (χ4n) is 1.46. The highest BCUT2D eigenvalue weighted by Crippen LogP contribution is 2.25. The van der Waals surface area contributed by atoms with Gasteiger partial charge < -0.3 is 15.8 Å². The Labute approximate surface area is 118 Å². The van der Waals surface area contributed by atoms with Gasteiger partial charge in [0.25, 0.3) is 0 Å². The lowest BCUT2D eigenvalue weighted by Gasteiger charge is -2.12. The first kappa shape index (κ1) is 15.8. The number of allylic oxidation sites excluding steroid dienone is 1. The molecule has 0 aliphatic heterocycles. The van der Waals surface area contributed by atoms with Gasteiger partial charge in [-0.15, -0.1) is 0 Å². The SMILES string of the molecule is COc1ccc(C(N)=O)cc1NC(=O)/C=C/C(C)(C)C. The standard InChI is InChI=1S/C15H20N2O3/c1-15(2,3)8-7-13(18)17-11-9-10(14(16)19)5-6-12(11)20-4/h5-9H,1-4H3,(H2,16,19)(H,17,18)/b8-7+. The summed E-state index contributed by atoms with van der Waals surface area (Å²) in [6.45, 7) is 5.97. The monoisotopic (exact) mass is 276 g/mol. The summed E-state index contributed by atoms with van der Waals surface area (Å²) in [5.41, 5.74) is 5.84. The number of methoxy groups -OCH3 is 1. The highest BCUT2D eigenvalue weighted by molar-refractivity contribution is 6.02. The number of benzene rings is 1. The molecule has 0 heterocycles. The third kappa shape index (κ3) is 4.76. The van der Waals surface area contributed by atoms with E-state index in [4.69, 9.17) is 10.5 Å². The second kappa shape index (κ2) is 6.23. The van der Waals surface area contributed by atoms with Gasteiger partial charge >= 0.3 is 0 Å². The van der Waals surface area contributed by atoms with Gasteiger partial charge in [0.05, 0.1) is 12.8 Å². The maximum Gasteiger partial charge on any atom is 0.248 e. The first-order chi connectivity index (χ1) is 9.23. The summed E-state index contributed by atoms with van der Waals surface area (Å²) in [6.07, 6.45) is 3.25. The molecule has 1 aromatic rings. The largest absolute Gasteiger partial charge is 0.495 e. The number of hydrogen-bond donors (Lipinski definition) is 2. The number of ether oxygens (including phenoxy) is 1. The van der Waals surface area contributed by atoms with Crippen LogP contribution in [-0.2, 0) is 4.79 Å². The Morgan fingerprint density at radius 1 is 1.30 bits per heavy atom. The van der Waals surface area contributed by atoms with Crippen molar-refractivity contribution < 1.29 is 14.3 Å². The molecule has 3 N–H and O–H groups in total. The quantitative estimate of drug-likeness (QED) is 0.828. The number of primary amides is 1. The number of carbonyl (C=O) groups excluding carboxylic acids is 2. The molecule has 0 saturated carbocycles. The zero-order valence-corrected chi connectivity index (χ0v) is 12.2. The van der Waals surface area contributed by atoms with Crippen LogP contribution < -0.4 is 15.8 Å². The Hall–Kier alpha value is -2.30. The van der Waals surface area contributed by atoms with Crippen LogP contribution in [0.4, 0.5) is 5.69 Å². The number of anilines is 1. The molecule has 0 bridgehead atoms. The van der Waals surface area contributed by atoms with E-state index in [2.05, 4.69) is 5.32 Å². The Morgan fingerprint density at radius 2 is 1.95 bits per heavy atom. The van der Waals surface area contributed by atoms with Gasteiger partial charge in [0, 0.05) is 5.56 Å². The van der Waals surface area contributed by atoms with Crippen molar-refractivity contribution in [2.75, 3.05) is 12.4 Å². The number of carbonyl (C=O) groups is 2. The van der Waals surface area contributed by atoms with Crippen molar-refractivity contribution in [3.05, 3.63) is 35.9 Å². The van der Waals surface area contributed by atoms with Crippen molar-refractivity contribution in [2.45, 2.75) is 20.8 Å². The molecule has 108 valence electrons. The van der Waals surface area contributed by atoms with Crippen molar-refractivity contribution in [3.8, 4) is 5.75 Å². The van der Waals surface area contributed by atoms with Crippen LogP contribution in [0.15, 0.2) is 30.4 Å². The normalized spacial score (nSPS) is 11.4.